The van der Waals surface area contributed by atoms with E-state index >= 15 is 0 Å². The molecule has 2 aromatic rings. The summed E-state index contributed by atoms with van der Waals surface area (Å²) >= 11 is 0. The van der Waals surface area contributed by atoms with Gasteiger partial charge in [-0.2, -0.15) is 8.78 Å². The van der Waals surface area contributed by atoms with E-state index in [4.69, 9.17) is 4.74 Å². The minimum atomic E-state index is -2.91. The number of carbonyl (C=O) groups excluding carboxylic acids is 1. The normalized spacial score (nSPS) is 16.8. The number of halogens is 2. The zero-order valence-electron chi connectivity index (χ0n) is 14.5. The van der Waals surface area contributed by atoms with Gasteiger partial charge in [-0.3, -0.25) is 4.79 Å². The summed E-state index contributed by atoms with van der Waals surface area (Å²) in [4.78, 5) is 14.7. The Morgan fingerprint density at radius 3 is 2.73 bits per heavy atom. The van der Waals surface area contributed by atoms with Crippen molar-refractivity contribution in [1.29, 1.82) is 0 Å². The Bertz CT molecular complexity index is 766. The van der Waals surface area contributed by atoms with Crippen molar-refractivity contribution in [2.75, 3.05) is 13.7 Å². The van der Waals surface area contributed by atoms with E-state index < -0.39 is 6.61 Å². The van der Waals surface area contributed by atoms with Crippen LogP contribution in [0.4, 0.5) is 8.78 Å². The minimum absolute atomic E-state index is 0.00519. The van der Waals surface area contributed by atoms with Crippen LogP contribution in [-0.4, -0.2) is 37.1 Å². The summed E-state index contributed by atoms with van der Waals surface area (Å²) in [5.41, 5.74) is 1.46. The van der Waals surface area contributed by atoms with E-state index in [0.29, 0.717) is 12.1 Å². The van der Waals surface area contributed by atoms with Crippen LogP contribution in [0, 0.1) is 0 Å². The third-order valence-corrected chi connectivity index (χ3v) is 4.55. The van der Waals surface area contributed by atoms with Gasteiger partial charge in [0.25, 0.3) is 5.91 Å². The van der Waals surface area contributed by atoms with E-state index in [2.05, 4.69) is 4.74 Å². The lowest BCUT2D eigenvalue weighted by Crippen LogP contribution is -2.36. The number of carbonyl (C=O) groups is 1. The van der Waals surface area contributed by atoms with Crippen LogP contribution < -0.4 is 9.47 Å². The maximum absolute atomic E-state index is 12.9. The second kappa shape index (κ2) is 8.17. The monoisotopic (exact) mass is 361 g/mol. The van der Waals surface area contributed by atoms with Crippen LogP contribution in [0.15, 0.2) is 48.5 Å². The fourth-order valence-electron chi connectivity index (χ4n) is 3.36. The predicted molar refractivity (Wildman–Crippen MR) is 93.8 cm³/mol. The number of ether oxygens (including phenoxy) is 2. The zero-order valence-corrected chi connectivity index (χ0v) is 14.5. The fourth-order valence-corrected chi connectivity index (χ4v) is 3.36. The van der Waals surface area contributed by atoms with Crippen molar-refractivity contribution in [1.82, 2.24) is 4.90 Å². The molecule has 1 atom stereocenters. The van der Waals surface area contributed by atoms with Crippen molar-refractivity contribution in [3.63, 3.8) is 0 Å². The highest BCUT2D eigenvalue weighted by Gasteiger charge is 2.29. The molecule has 1 heterocycles. The predicted octanol–water partition coefficient (Wildman–Crippen LogP) is 4.14. The van der Waals surface area contributed by atoms with Crippen molar-refractivity contribution in [3.8, 4) is 11.5 Å². The molecule has 0 bridgehead atoms. The molecule has 0 saturated carbocycles. The van der Waals surface area contributed by atoms with Gasteiger partial charge in [-0.15, -0.1) is 0 Å². The van der Waals surface area contributed by atoms with E-state index in [1.165, 1.54) is 12.1 Å². The van der Waals surface area contributed by atoms with Gasteiger partial charge in [-0.1, -0.05) is 18.2 Å². The van der Waals surface area contributed by atoms with E-state index in [1.54, 1.807) is 19.2 Å². The molecule has 1 saturated heterocycles. The molecule has 0 aliphatic carbocycles. The van der Waals surface area contributed by atoms with Gasteiger partial charge < -0.3 is 14.4 Å². The minimum Gasteiger partial charge on any atom is -0.497 e. The SMILES string of the molecule is COc1cccc(CC2CCCN2C(=O)c2cccc(OC(F)F)c2)c1. The van der Waals surface area contributed by atoms with Crippen LogP contribution in [0.2, 0.25) is 0 Å². The Balaban J connectivity index is 1.74. The third-order valence-electron chi connectivity index (χ3n) is 4.55. The molecule has 3 rings (SSSR count). The molecule has 6 heteroatoms. The highest BCUT2D eigenvalue weighted by atomic mass is 19.3. The average Bonchev–Trinajstić information content (AvgIpc) is 3.09. The van der Waals surface area contributed by atoms with Crippen molar-refractivity contribution in [3.05, 3.63) is 59.7 Å². The van der Waals surface area contributed by atoms with Crippen molar-refractivity contribution >= 4 is 5.91 Å². The molecule has 1 aliphatic rings. The summed E-state index contributed by atoms with van der Waals surface area (Å²) < 4.78 is 34.4. The lowest BCUT2D eigenvalue weighted by atomic mass is 10.0. The topological polar surface area (TPSA) is 38.8 Å². The Kier molecular flexibility index (Phi) is 5.71. The molecule has 0 aromatic heterocycles. The molecule has 4 nitrogen and oxygen atoms in total. The van der Waals surface area contributed by atoms with Gasteiger partial charge in [0.1, 0.15) is 11.5 Å². The number of nitrogens with zero attached hydrogens (tertiary/aromatic N) is 1. The van der Waals surface area contributed by atoms with Gasteiger partial charge in [0.2, 0.25) is 0 Å². The Labute approximate surface area is 151 Å². The molecule has 2 aromatic carbocycles. The number of hydrogen-bond acceptors (Lipinski definition) is 3. The summed E-state index contributed by atoms with van der Waals surface area (Å²) in [6.07, 6.45) is 2.57. The molecular weight excluding hydrogens is 340 g/mol. The van der Waals surface area contributed by atoms with Gasteiger partial charge in [0.05, 0.1) is 7.11 Å². The first-order chi connectivity index (χ1) is 12.6. The molecule has 1 amide bonds. The van der Waals surface area contributed by atoms with Gasteiger partial charge in [0, 0.05) is 18.2 Å². The third kappa shape index (κ3) is 4.31. The number of rotatable bonds is 6. The number of alkyl halides is 2. The largest absolute Gasteiger partial charge is 0.497 e. The van der Waals surface area contributed by atoms with E-state index in [0.717, 1.165) is 30.6 Å². The molecule has 138 valence electrons. The number of hydrogen-bond donors (Lipinski definition) is 0. The first-order valence-electron chi connectivity index (χ1n) is 8.55. The number of likely N-dealkylation sites (tertiary alicyclic amines) is 1. The van der Waals surface area contributed by atoms with Gasteiger partial charge in [-0.25, -0.2) is 0 Å². The van der Waals surface area contributed by atoms with Gasteiger partial charge >= 0.3 is 6.61 Å². The Morgan fingerprint density at radius 1 is 1.19 bits per heavy atom. The molecular formula is C20H21F2NO3. The Hall–Kier alpha value is -2.63. The van der Waals surface area contributed by atoms with E-state index in [-0.39, 0.29) is 17.7 Å². The summed E-state index contributed by atoms with van der Waals surface area (Å²) in [7, 11) is 1.62. The molecule has 26 heavy (non-hydrogen) atoms. The fraction of sp³-hybridized carbons (Fsp3) is 0.350. The molecule has 0 N–H and O–H groups in total. The van der Waals surface area contributed by atoms with Gasteiger partial charge in [-0.05, 0) is 55.2 Å². The number of amides is 1. The summed E-state index contributed by atoms with van der Waals surface area (Å²) in [6.45, 7) is -2.25. The number of methoxy groups -OCH3 is 1. The maximum Gasteiger partial charge on any atom is 0.387 e. The molecule has 0 spiro atoms. The van der Waals surface area contributed by atoms with Crippen molar-refractivity contribution in [2.45, 2.75) is 31.9 Å². The maximum atomic E-state index is 12.9. The molecule has 1 unspecified atom stereocenters. The van der Waals surface area contributed by atoms with E-state index in [9.17, 15) is 13.6 Å². The molecule has 1 fully saturated rings. The lowest BCUT2D eigenvalue weighted by Gasteiger charge is -2.25. The van der Waals surface area contributed by atoms with Crippen molar-refractivity contribution in [2.24, 2.45) is 0 Å². The summed E-state index contributed by atoms with van der Waals surface area (Å²) in [5.74, 6) is 0.625. The standard InChI is InChI=1S/C20H21F2NO3/c1-25-17-8-2-5-14(12-17)11-16-7-4-10-23(16)19(24)15-6-3-9-18(13-15)26-20(21)22/h2-3,5-6,8-9,12-13,16,20H,4,7,10-11H2,1H3. The summed E-state index contributed by atoms with van der Waals surface area (Å²) in [6, 6.07) is 13.8. The average molecular weight is 361 g/mol. The van der Waals surface area contributed by atoms with Crippen LogP contribution in [0.5, 0.6) is 11.5 Å². The second-order valence-electron chi connectivity index (χ2n) is 6.26. The second-order valence-corrected chi connectivity index (χ2v) is 6.26. The van der Waals surface area contributed by atoms with Crippen LogP contribution in [0.25, 0.3) is 0 Å². The van der Waals surface area contributed by atoms with Crippen LogP contribution >= 0.6 is 0 Å². The first kappa shape index (κ1) is 18.2. The quantitative estimate of drug-likeness (QED) is 0.776. The van der Waals surface area contributed by atoms with E-state index in [1.807, 2.05) is 29.2 Å². The van der Waals surface area contributed by atoms with Crippen LogP contribution in [-0.2, 0) is 6.42 Å². The smallest absolute Gasteiger partial charge is 0.387 e. The van der Waals surface area contributed by atoms with Crippen molar-refractivity contribution < 1.29 is 23.0 Å². The number of benzene rings is 2. The molecule has 1 aliphatic heterocycles. The molecule has 0 radical (unpaired) electrons. The summed E-state index contributed by atoms with van der Waals surface area (Å²) in [5, 5.41) is 0. The highest BCUT2D eigenvalue weighted by molar-refractivity contribution is 5.95. The van der Waals surface area contributed by atoms with Crippen LogP contribution in [0.3, 0.4) is 0 Å². The first-order valence-corrected chi connectivity index (χ1v) is 8.55. The van der Waals surface area contributed by atoms with Gasteiger partial charge in [0.15, 0.2) is 0 Å². The van der Waals surface area contributed by atoms with Crippen LogP contribution in [0.1, 0.15) is 28.8 Å². The zero-order chi connectivity index (χ0) is 18.5. The Morgan fingerprint density at radius 2 is 1.96 bits per heavy atom. The highest BCUT2D eigenvalue weighted by Crippen LogP contribution is 2.26. The lowest BCUT2D eigenvalue weighted by molar-refractivity contribution is -0.0499.